The summed E-state index contributed by atoms with van der Waals surface area (Å²) >= 11 is 7.64. The van der Waals surface area contributed by atoms with Gasteiger partial charge in [-0.25, -0.2) is 4.98 Å². The largest absolute Gasteiger partial charge is 0.441 e. The Morgan fingerprint density at radius 1 is 1.18 bits per heavy atom. The van der Waals surface area contributed by atoms with E-state index in [1.54, 1.807) is 11.8 Å². The number of hydrogen-bond acceptors (Lipinski definition) is 6. The van der Waals surface area contributed by atoms with Gasteiger partial charge in [-0.1, -0.05) is 41.9 Å². The average molecular weight is 483 g/mol. The highest BCUT2D eigenvalue weighted by atomic mass is 35.5. The molecular formula is C25H27ClN4O2S. The minimum absolute atomic E-state index is 0.0404. The summed E-state index contributed by atoms with van der Waals surface area (Å²) in [5.74, 6) is 2.20. The summed E-state index contributed by atoms with van der Waals surface area (Å²) in [5.41, 5.74) is 2.97. The second-order valence-corrected chi connectivity index (χ2v) is 10.1. The van der Waals surface area contributed by atoms with Crippen molar-refractivity contribution in [3.05, 3.63) is 76.6 Å². The summed E-state index contributed by atoms with van der Waals surface area (Å²) in [6.07, 6.45) is 0.948. The van der Waals surface area contributed by atoms with E-state index in [-0.39, 0.29) is 23.4 Å². The normalized spacial score (nSPS) is 23.2. The van der Waals surface area contributed by atoms with Crippen molar-refractivity contribution in [3.63, 3.8) is 0 Å². The maximum Gasteiger partial charge on any atom is 0.227 e. The van der Waals surface area contributed by atoms with Crippen LogP contribution in [0.2, 0.25) is 5.02 Å². The number of carbonyl (C=O) groups is 1. The van der Waals surface area contributed by atoms with Crippen LogP contribution < -0.4 is 10.6 Å². The molecule has 0 spiro atoms. The molecule has 0 bridgehead atoms. The minimum atomic E-state index is -0.127. The predicted molar refractivity (Wildman–Crippen MR) is 132 cm³/mol. The number of fused-ring (bicyclic) bond motifs is 1. The molecule has 0 saturated carbocycles. The van der Waals surface area contributed by atoms with E-state index in [0.717, 1.165) is 48.1 Å². The fourth-order valence-electron chi connectivity index (χ4n) is 4.47. The number of aromatic nitrogens is 1. The standard InChI is InChI=1S/C25H27ClN4O2S/c1-16-22(27-24(32-16)18-5-3-2-4-6-18)15-33-25-28-21-11-12-30(14-20(21)23(31)29-25)13-17-7-9-19(26)10-8-17/h2-10,20-21,25,28H,11-15H2,1H3,(H,29,31). The number of piperidine rings is 1. The average Bonchev–Trinajstić information content (AvgIpc) is 3.21. The van der Waals surface area contributed by atoms with Crippen LogP contribution in [0.3, 0.4) is 0 Å². The first-order chi connectivity index (χ1) is 16.0. The fourth-order valence-corrected chi connectivity index (χ4v) is 5.66. The molecule has 1 aromatic heterocycles. The molecule has 6 nitrogen and oxygen atoms in total. The second-order valence-electron chi connectivity index (χ2n) is 8.62. The van der Waals surface area contributed by atoms with Crippen molar-refractivity contribution < 1.29 is 9.21 Å². The van der Waals surface area contributed by atoms with Gasteiger partial charge in [0.05, 0.1) is 11.6 Å². The predicted octanol–water partition coefficient (Wildman–Crippen LogP) is 4.43. The van der Waals surface area contributed by atoms with Gasteiger partial charge in [0.1, 0.15) is 11.3 Å². The van der Waals surface area contributed by atoms with Crippen LogP contribution in [0.25, 0.3) is 11.5 Å². The molecule has 2 aromatic carbocycles. The highest BCUT2D eigenvalue weighted by Gasteiger charge is 2.39. The summed E-state index contributed by atoms with van der Waals surface area (Å²) in [7, 11) is 0. The minimum Gasteiger partial charge on any atom is -0.441 e. The third-order valence-corrected chi connectivity index (χ3v) is 7.57. The highest BCUT2D eigenvalue weighted by Crippen LogP contribution is 2.28. The lowest BCUT2D eigenvalue weighted by atomic mass is 9.89. The molecule has 2 aliphatic rings. The quantitative estimate of drug-likeness (QED) is 0.541. The Labute approximate surface area is 203 Å². The lowest BCUT2D eigenvalue weighted by Gasteiger charge is -2.43. The molecule has 2 fully saturated rings. The number of rotatable bonds is 6. The van der Waals surface area contributed by atoms with Crippen LogP contribution in [-0.4, -0.2) is 40.4 Å². The summed E-state index contributed by atoms with van der Waals surface area (Å²) in [6, 6.07) is 18.0. The van der Waals surface area contributed by atoms with Crippen molar-refractivity contribution in [2.75, 3.05) is 13.1 Å². The van der Waals surface area contributed by atoms with Gasteiger partial charge in [-0.05, 0) is 43.2 Å². The summed E-state index contributed by atoms with van der Waals surface area (Å²) < 4.78 is 5.87. The monoisotopic (exact) mass is 482 g/mol. The zero-order valence-electron chi connectivity index (χ0n) is 18.5. The van der Waals surface area contributed by atoms with Crippen LogP contribution in [0.4, 0.5) is 0 Å². The number of likely N-dealkylation sites (tertiary alicyclic amines) is 1. The number of halogens is 1. The van der Waals surface area contributed by atoms with E-state index in [1.807, 2.05) is 49.4 Å². The molecular weight excluding hydrogens is 456 g/mol. The van der Waals surface area contributed by atoms with E-state index >= 15 is 0 Å². The van der Waals surface area contributed by atoms with Crippen LogP contribution in [0.5, 0.6) is 0 Å². The van der Waals surface area contributed by atoms with Gasteiger partial charge in [-0.3, -0.25) is 15.0 Å². The van der Waals surface area contributed by atoms with Crippen LogP contribution in [0.1, 0.15) is 23.4 Å². The molecule has 2 N–H and O–H groups in total. The smallest absolute Gasteiger partial charge is 0.227 e. The number of hydrogen-bond donors (Lipinski definition) is 2. The lowest BCUT2D eigenvalue weighted by Crippen LogP contribution is -2.64. The Balaban J connectivity index is 1.16. The summed E-state index contributed by atoms with van der Waals surface area (Å²) in [4.78, 5) is 19.9. The number of oxazole rings is 1. The Morgan fingerprint density at radius 3 is 2.76 bits per heavy atom. The van der Waals surface area contributed by atoms with Crippen molar-refractivity contribution in [2.45, 2.75) is 37.2 Å². The zero-order chi connectivity index (χ0) is 22.8. The van der Waals surface area contributed by atoms with Gasteiger partial charge in [0.15, 0.2) is 0 Å². The van der Waals surface area contributed by atoms with E-state index < -0.39 is 0 Å². The first-order valence-electron chi connectivity index (χ1n) is 11.2. The van der Waals surface area contributed by atoms with Gasteiger partial charge >= 0.3 is 0 Å². The fraction of sp³-hybridized carbons (Fsp3) is 0.360. The molecule has 2 saturated heterocycles. The number of nitrogens with one attached hydrogen (secondary N) is 2. The van der Waals surface area contributed by atoms with Crippen LogP contribution in [0, 0.1) is 12.8 Å². The van der Waals surface area contributed by atoms with Crippen molar-refractivity contribution >= 4 is 29.3 Å². The van der Waals surface area contributed by atoms with E-state index in [9.17, 15) is 4.79 Å². The molecule has 0 radical (unpaired) electrons. The summed E-state index contributed by atoms with van der Waals surface area (Å²) in [5, 5.41) is 7.52. The number of aryl methyl sites for hydroxylation is 1. The van der Waals surface area contributed by atoms with E-state index in [1.165, 1.54) is 5.56 Å². The molecule has 3 heterocycles. The van der Waals surface area contributed by atoms with E-state index in [0.29, 0.717) is 11.6 Å². The molecule has 3 aromatic rings. The molecule has 5 rings (SSSR count). The number of nitrogens with zero attached hydrogens (tertiary/aromatic N) is 2. The Kier molecular flexibility index (Phi) is 6.74. The molecule has 33 heavy (non-hydrogen) atoms. The van der Waals surface area contributed by atoms with Gasteiger partial charge in [0.2, 0.25) is 11.8 Å². The molecule has 172 valence electrons. The van der Waals surface area contributed by atoms with Crippen LogP contribution >= 0.6 is 23.4 Å². The third-order valence-electron chi connectivity index (χ3n) is 6.29. The molecule has 2 aliphatic heterocycles. The van der Waals surface area contributed by atoms with E-state index in [2.05, 4.69) is 32.7 Å². The maximum absolute atomic E-state index is 12.9. The van der Waals surface area contributed by atoms with Gasteiger partial charge in [0, 0.05) is 42.0 Å². The number of thioether (sulfide) groups is 1. The topological polar surface area (TPSA) is 70.4 Å². The number of carbonyl (C=O) groups excluding carboxylic acids is 1. The second kappa shape index (κ2) is 9.89. The Bertz CT molecular complexity index is 1110. The molecule has 3 atom stereocenters. The highest BCUT2D eigenvalue weighted by molar-refractivity contribution is 7.99. The lowest BCUT2D eigenvalue weighted by molar-refractivity contribution is -0.130. The molecule has 1 amide bonds. The molecule has 0 aliphatic carbocycles. The molecule has 8 heteroatoms. The first kappa shape index (κ1) is 22.5. The SMILES string of the molecule is Cc1oc(-c2ccccc2)nc1CSC1NC(=O)C2CN(Cc3ccc(Cl)cc3)CCC2N1. The van der Waals surface area contributed by atoms with Gasteiger partial charge in [0.25, 0.3) is 0 Å². The van der Waals surface area contributed by atoms with Crippen molar-refractivity contribution in [1.29, 1.82) is 0 Å². The Hall–Kier alpha value is -2.32. The number of benzene rings is 2. The first-order valence-corrected chi connectivity index (χ1v) is 12.6. The Morgan fingerprint density at radius 2 is 1.97 bits per heavy atom. The van der Waals surface area contributed by atoms with Gasteiger partial charge < -0.3 is 9.73 Å². The van der Waals surface area contributed by atoms with Crippen molar-refractivity contribution in [1.82, 2.24) is 20.5 Å². The van der Waals surface area contributed by atoms with Gasteiger partial charge in [-0.2, -0.15) is 0 Å². The van der Waals surface area contributed by atoms with Gasteiger partial charge in [-0.15, -0.1) is 11.8 Å². The van der Waals surface area contributed by atoms with Crippen LogP contribution in [0.15, 0.2) is 59.0 Å². The van der Waals surface area contributed by atoms with Crippen molar-refractivity contribution in [3.8, 4) is 11.5 Å². The van der Waals surface area contributed by atoms with E-state index in [4.69, 9.17) is 16.0 Å². The van der Waals surface area contributed by atoms with Crippen molar-refractivity contribution in [2.24, 2.45) is 5.92 Å². The maximum atomic E-state index is 12.9. The molecule has 3 unspecified atom stereocenters. The zero-order valence-corrected chi connectivity index (χ0v) is 20.0. The third kappa shape index (κ3) is 5.27. The van der Waals surface area contributed by atoms with Crippen LogP contribution in [-0.2, 0) is 17.1 Å². The number of amides is 1. The summed E-state index contributed by atoms with van der Waals surface area (Å²) in [6.45, 7) is 4.49.